The maximum Gasteiger partial charge on any atom is 0.234 e. The summed E-state index contributed by atoms with van der Waals surface area (Å²) in [7, 11) is 0. The average Bonchev–Trinajstić information content (AvgIpc) is 2.29. The molecule has 1 aromatic rings. The standard InChI is InChI=1S/C12H15BrN2O/c1-2-7-15-12(16)9-14-8-10-3-5-11(13)6-4-10/h2-6,14H,1,7-9H2,(H,15,16). The summed E-state index contributed by atoms with van der Waals surface area (Å²) in [4.78, 5) is 11.2. The van der Waals surface area contributed by atoms with Crippen LogP contribution in [0.2, 0.25) is 0 Å². The Bertz CT molecular complexity index is 349. The van der Waals surface area contributed by atoms with Crippen LogP contribution in [-0.4, -0.2) is 19.0 Å². The summed E-state index contributed by atoms with van der Waals surface area (Å²) >= 11 is 3.37. The molecule has 3 nitrogen and oxygen atoms in total. The summed E-state index contributed by atoms with van der Waals surface area (Å²) in [6.07, 6.45) is 1.66. The van der Waals surface area contributed by atoms with Gasteiger partial charge in [0.25, 0.3) is 0 Å². The summed E-state index contributed by atoms with van der Waals surface area (Å²) in [5, 5.41) is 5.77. The van der Waals surface area contributed by atoms with Gasteiger partial charge in [0.05, 0.1) is 6.54 Å². The first-order valence-electron chi connectivity index (χ1n) is 5.05. The van der Waals surface area contributed by atoms with Crippen molar-refractivity contribution in [3.05, 3.63) is 47.0 Å². The molecular formula is C12H15BrN2O. The number of carbonyl (C=O) groups excluding carboxylic acids is 1. The molecule has 0 radical (unpaired) electrons. The number of hydrogen-bond acceptors (Lipinski definition) is 2. The number of hydrogen-bond donors (Lipinski definition) is 2. The van der Waals surface area contributed by atoms with Gasteiger partial charge in [-0.15, -0.1) is 6.58 Å². The fourth-order valence-corrected chi connectivity index (χ4v) is 1.44. The van der Waals surface area contributed by atoms with E-state index in [-0.39, 0.29) is 5.91 Å². The quantitative estimate of drug-likeness (QED) is 0.782. The molecule has 4 heteroatoms. The van der Waals surface area contributed by atoms with Gasteiger partial charge in [-0.3, -0.25) is 4.79 Å². The van der Waals surface area contributed by atoms with Crippen molar-refractivity contribution >= 4 is 21.8 Å². The number of rotatable bonds is 6. The SMILES string of the molecule is C=CCNC(=O)CNCc1ccc(Br)cc1. The molecule has 0 aliphatic rings. The molecule has 1 amide bonds. The largest absolute Gasteiger partial charge is 0.352 e. The zero-order valence-electron chi connectivity index (χ0n) is 9.00. The van der Waals surface area contributed by atoms with Crippen LogP contribution < -0.4 is 10.6 Å². The first-order chi connectivity index (χ1) is 7.72. The highest BCUT2D eigenvalue weighted by atomic mass is 79.9. The van der Waals surface area contributed by atoms with Gasteiger partial charge in [-0.2, -0.15) is 0 Å². The van der Waals surface area contributed by atoms with Crippen LogP contribution in [0.25, 0.3) is 0 Å². The van der Waals surface area contributed by atoms with E-state index in [4.69, 9.17) is 0 Å². The minimum Gasteiger partial charge on any atom is -0.352 e. The molecule has 0 saturated heterocycles. The summed E-state index contributed by atoms with van der Waals surface area (Å²) < 4.78 is 1.06. The second-order valence-corrected chi connectivity index (χ2v) is 4.24. The number of benzene rings is 1. The van der Waals surface area contributed by atoms with Crippen LogP contribution in [0.5, 0.6) is 0 Å². The molecular weight excluding hydrogens is 268 g/mol. The maximum absolute atomic E-state index is 11.2. The van der Waals surface area contributed by atoms with E-state index in [9.17, 15) is 4.79 Å². The van der Waals surface area contributed by atoms with Gasteiger partial charge in [0.1, 0.15) is 0 Å². The van der Waals surface area contributed by atoms with Gasteiger partial charge in [0, 0.05) is 17.6 Å². The minimum atomic E-state index is -0.0167. The van der Waals surface area contributed by atoms with Crippen LogP contribution in [0.4, 0.5) is 0 Å². The monoisotopic (exact) mass is 282 g/mol. The maximum atomic E-state index is 11.2. The lowest BCUT2D eigenvalue weighted by Crippen LogP contribution is -2.33. The second kappa shape index (κ2) is 7.19. The molecule has 2 N–H and O–H groups in total. The first kappa shape index (κ1) is 12.9. The van der Waals surface area contributed by atoms with Crippen molar-refractivity contribution in [2.45, 2.75) is 6.54 Å². The van der Waals surface area contributed by atoms with Crippen molar-refractivity contribution in [3.63, 3.8) is 0 Å². The smallest absolute Gasteiger partial charge is 0.234 e. The third kappa shape index (κ3) is 5.09. The third-order valence-corrected chi connectivity index (χ3v) is 2.50. The van der Waals surface area contributed by atoms with Crippen molar-refractivity contribution in [1.29, 1.82) is 0 Å². The normalized spacial score (nSPS) is 9.81. The van der Waals surface area contributed by atoms with Crippen LogP contribution in [0.3, 0.4) is 0 Å². The minimum absolute atomic E-state index is 0.0167. The fraction of sp³-hybridized carbons (Fsp3) is 0.250. The Morgan fingerprint density at radius 1 is 1.38 bits per heavy atom. The molecule has 0 fully saturated rings. The summed E-state index contributed by atoms with van der Waals surface area (Å²) in [5.74, 6) is -0.0167. The van der Waals surface area contributed by atoms with Crippen LogP contribution >= 0.6 is 15.9 Å². The lowest BCUT2D eigenvalue weighted by Gasteiger charge is -2.05. The molecule has 0 aromatic heterocycles. The van der Waals surface area contributed by atoms with Gasteiger partial charge in [-0.05, 0) is 17.7 Å². The number of halogens is 1. The molecule has 1 rings (SSSR count). The van der Waals surface area contributed by atoms with E-state index in [1.54, 1.807) is 6.08 Å². The lowest BCUT2D eigenvalue weighted by atomic mass is 10.2. The van der Waals surface area contributed by atoms with Gasteiger partial charge in [0.15, 0.2) is 0 Å². The Morgan fingerprint density at radius 2 is 2.06 bits per heavy atom. The second-order valence-electron chi connectivity index (χ2n) is 3.32. The molecule has 0 bridgehead atoms. The predicted octanol–water partition coefficient (Wildman–Crippen LogP) is 1.84. The van der Waals surface area contributed by atoms with Crippen LogP contribution in [0.15, 0.2) is 41.4 Å². The number of nitrogens with one attached hydrogen (secondary N) is 2. The topological polar surface area (TPSA) is 41.1 Å². The van der Waals surface area contributed by atoms with Crippen molar-refractivity contribution in [1.82, 2.24) is 10.6 Å². The first-order valence-corrected chi connectivity index (χ1v) is 5.84. The summed E-state index contributed by atoms with van der Waals surface area (Å²) in [5.41, 5.74) is 1.15. The van der Waals surface area contributed by atoms with Crippen LogP contribution in [0, 0.1) is 0 Å². The van der Waals surface area contributed by atoms with Crippen LogP contribution in [0.1, 0.15) is 5.56 Å². The average molecular weight is 283 g/mol. The Morgan fingerprint density at radius 3 is 2.69 bits per heavy atom. The van der Waals surface area contributed by atoms with E-state index in [0.717, 1.165) is 10.0 Å². The molecule has 0 spiro atoms. The molecule has 16 heavy (non-hydrogen) atoms. The molecule has 86 valence electrons. The molecule has 0 aliphatic carbocycles. The summed E-state index contributed by atoms with van der Waals surface area (Å²) in [6.45, 7) is 5.05. The van der Waals surface area contributed by atoms with E-state index < -0.39 is 0 Å². The van der Waals surface area contributed by atoms with Gasteiger partial charge < -0.3 is 10.6 Å². The zero-order chi connectivity index (χ0) is 11.8. The number of amides is 1. The van der Waals surface area contributed by atoms with E-state index in [1.165, 1.54) is 0 Å². The highest BCUT2D eigenvalue weighted by molar-refractivity contribution is 9.10. The van der Waals surface area contributed by atoms with E-state index in [1.807, 2.05) is 24.3 Å². The Hall–Kier alpha value is -1.13. The van der Waals surface area contributed by atoms with Gasteiger partial charge in [-0.25, -0.2) is 0 Å². The van der Waals surface area contributed by atoms with Crippen LogP contribution in [-0.2, 0) is 11.3 Å². The van der Waals surface area contributed by atoms with Crippen molar-refractivity contribution < 1.29 is 4.79 Å². The molecule has 0 aliphatic heterocycles. The van der Waals surface area contributed by atoms with Crippen molar-refractivity contribution in [2.24, 2.45) is 0 Å². The molecule has 0 atom stereocenters. The van der Waals surface area contributed by atoms with Gasteiger partial charge in [0.2, 0.25) is 5.91 Å². The van der Waals surface area contributed by atoms with Gasteiger partial charge >= 0.3 is 0 Å². The third-order valence-electron chi connectivity index (χ3n) is 1.97. The molecule has 0 heterocycles. The number of carbonyl (C=O) groups is 1. The Kier molecular flexibility index (Phi) is 5.82. The molecule has 0 saturated carbocycles. The highest BCUT2D eigenvalue weighted by Crippen LogP contribution is 2.09. The van der Waals surface area contributed by atoms with E-state index >= 15 is 0 Å². The lowest BCUT2D eigenvalue weighted by molar-refractivity contribution is -0.120. The van der Waals surface area contributed by atoms with Crippen molar-refractivity contribution in [3.8, 4) is 0 Å². The Balaban J connectivity index is 2.22. The summed E-state index contributed by atoms with van der Waals surface area (Å²) in [6, 6.07) is 7.99. The predicted molar refractivity (Wildman–Crippen MR) is 69.1 cm³/mol. The zero-order valence-corrected chi connectivity index (χ0v) is 10.6. The van der Waals surface area contributed by atoms with Crippen molar-refractivity contribution in [2.75, 3.05) is 13.1 Å². The molecule has 0 unspecified atom stereocenters. The Labute approximate surface area is 104 Å². The van der Waals surface area contributed by atoms with Gasteiger partial charge in [-0.1, -0.05) is 34.1 Å². The molecule has 1 aromatic carbocycles. The van der Waals surface area contributed by atoms with E-state index in [2.05, 4.69) is 33.1 Å². The highest BCUT2D eigenvalue weighted by Gasteiger charge is 1.98. The van der Waals surface area contributed by atoms with E-state index in [0.29, 0.717) is 19.6 Å². The fourth-order valence-electron chi connectivity index (χ4n) is 1.17.